The Morgan fingerprint density at radius 3 is 2.53 bits per heavy atom. The van der Waals surface area contributed by atoms with Gasteiger partial charge in [-0.1, -0.05) is 31.0 Å². The van der Waals surface area contributed by atoms with Crippen LogP contribution in [0.5, 0.6) is 0 Å². The van der Waals surface area contributed by atoms with Crippen molar-refractivity contribution in [1.82, 2.24) is 0 Å². The molecule has 0 aliphatic rings. The highest BCUT2D eigenvalue weighted by Crippen LogP contribution is 2.22. The lowest BCUT2D eigenvalue weighted by Gasteiger charge is -2.06. The van der Waals surface area contributed by atoms with Crippen LogP contribution in [0.25, 0.3) is 0 Å². The van der Waals surface area contributed by atoms with Crippen molar-refractivity contribution in [2.45, 2.75) is 31.6 Å². The fourth-order valence-electron chi connectivity index (χ4n) is 1.36. The van der Waals surface area contributed by atoms with Crippen LogP contribution in [0.15, 0.2) is 29.2 Å². The molecular formula is C13H17NS. The molecule has 1 aromatic rings. The number of thioether (sulfide) groups is 1. The number of nitrogens with zero attached hydrogens (tertiary/aromatic N) is 1. The number of rotatable bonds is 5. The standard InChI is InChI=1S/C13H17NS/c1-3-4-12(9-14)10-15-13-7-5-11(2)6-8-13/h5-8,12H,3-4,10H2,1-2H3. The molecule has 1 aromatic carbocycles. The van der Waals surface area contributed by atoms with Crippen molar-refractivity contribution in [1.29, 1.82) is 5.26 Å². The van der Waals surface area contributed by atoms with Gasteiger partial charge in [0.05, 0.1) is 12.0 Å². The van der Waals surface area contributed by atoms with E-state index in [2.05, 4.69) is 44.2 Å². The monoisotopic (exact) mass is 219 g/mol. The maximum absolute atomic E-state index is 8.92. The number of hydrogen-bond donors (Lipinski definition) is 0. The number of benzene rings is 1. The van der Waals surface area contributed by atoms with Gasteiger partial charge < -0.3 is 0 Å². The van der Waals surface area contributed by atoms with E-state index in [1.165, 1.54) is 10.5 Å². The highest BCUT2D eigenvalue weighted by Gasteiger charge is 2.06. The minimum Gasteiger partial charge on any atom is -0.198 e. The second-order valence-corrected chi connectivity index (χ2v) is 4.83. The normalized spacial score (nSPS) is 12.1. The number of nitriles is 1. The third-order valence-corrected chi connectivity index (χ3v) is 3.47. The summed E-state index contributed by atoms with van der Waals surface area (Å²) in [6, 6.07) is 10.8. The van der Waals surface area contributed by atoms with Gasteiger partial charge in [0.2, 0.25) is 0 Å². The smallest absolute Gasteiger partial charge is 0.0664 e. The molecule has 1 rings (SSSR count). The Morgan fingerprint density at radius 2 is 2.00 bits per heavy atom. The summed E-state index contributed by atoms with van der Waals surface area (Å²) in [7, 11) is 0. The summed E-state index contributed by atoms with van der Waals surface area (Å²) in [4.78, 5) is 1.26. The topological polar surface area (TPSA) is 23.8 Å². The summed E-state index contributed by atoms with van der Waals surface area (Å²) < 4.78 is 0. The molecule has 0 bridgehead atoms. The van der Waals surface area contributed by atoms with Gasteiger partial charge in [-0.25, -0.2) is 0 Å². The maximum Gasteiger partial charge on any atom is 0.0664 e. The van der Waals surface area contributed by atoms with Gasteiger partial charge in [-0.2, -0.15) is 5.26 Å². The minimum atomic E-state index is 0.196. The van der Waals surface area contributed by atoms with E-state index in [0.29, 0.717) is 0 Å². The molecule has 0 aliphatic carbocycles. The third-order valence-electron chi connectivity index (χ3n) is 2.29. The molecule has 0 N–H and O–H groups in total. The van der Waals surface area contributed by atoms with Gasteiger partial charge in [-0.15, -0.1) is 11.8 Å². The highest BCUT2D eigenvalue weighted by molar-refractivity contribution is 7.99. The molecule has 0 aliphatic heterocycles. The zero-order valence-corrected chi connectivity index (χ0v) is 10.2. The molecule has 0 fully saturated rings. The Hall–Kier alpha value is -0.940. The zero-order chi connectivity index (χ0) is 11.1. The second-order valence-electron chi connectivity index (χ2n) is 3.74. The quantitative estimate of drug-likeness (QED) is 0.698. The van der Waals surface area contributed by atoms with Crippen molar-refractivity contribution in [3.8, 4) is 6.07 Å². The lowest BCUT2D eigenvalue weighted by atomic mass is 10.1. The van der Waals surface area contributed by atoms with Crippen LogP contribution in [0.3, 0.4) is 0 Å². The van der Waals surface area contributed by atoms with Crippen molar-refractivity contribution in [3.63, 3.8) is 0 Å². The van der Waals surface area contributed by atoms with E-state index in [4.69, 9.17) is 5.26 Å². The van der Waals surface area contributed by atoms with Gasteiger partial charge in [0, 0.05) is 10.6 Å². The van der Waals surface area contributed by atoms with E-state index < -0.39 is 0 Å². The lowest BCUT2D eigenvalue weighted by Crippen LogP contribution is -1.99. The molecule has 1 atom stereocenters. The van der Waals surface area contributed by atoms with E-state index in [1.54, 1.807) is 11.8 Å². The molecule has 15 heavy (non-hydrogen) atoms. The third kappa shape index (κ3) is 4.40. The van der Waals surface area contributed by atoms with Gasteiger partial charge >= 0.3 is 0 Å². The highest BCUT2D eigenvalue weighted by atomic mass is 32.2. The molecule has 1 nitrogen and oxygen atoms in total. The number of hydrogen-bond acceptors (Lipinski definition) is 2. The molecule has 0 radical (unpaired) electrons. The Balaban J connectivity index is 2.42. The SMILES string of the molecule is CCCC(C#N)CSc1ccc(C)cc1. The summed E-state index contributed by atoms with van der Waals surface area (Å²) >= 11 is 1.78. The Labute approximate surface area is 96.5 Å². The first-order valence-corrected chi connectivity index (χ1v) is 6.34. The molecule has 1 unspecified atom stereocenters. The van der Waals surface area contributed by atoms with Crippen molar-refractivity contribution < 1.29 is 0 Å². The van der Waals surface area contributed by atoms with E-state index in [0.717, 1.165) is 18.6 Å². The minimum absolute atomic E-state index is 0.196. The van der Waals surface area contributed by atoms with Crippen LogP contribution < -0.4 is 0 Å². The fourth-order valence-corrected chi connectivity index (χ4v) is 2.33. The summed E-state index contributed by atoms with van der Waals surface area (Å²) in [5.74, 6) is 1.11. The molecule has 0 aromatic heterocycles. The molecule has 2 heteroatoms. The zero-order valence-electron chi connectivity index (χ0n) is 9.36. The van der Waals surface area contributed by atoms with Crippen LogP contribution in [0.4, 0.5) is 0 Å². The van der Waals surface area contributed by atoms with Crippen molar-refractivity contribution in [2.75, 3.05) is 5.75 Å². The Morgan fingerprint density at radius 1 is 1.33 bits per heavy atom. The number of aryl methyl sites for hydroxylation is 1. The largest absolute Gasteiger partial charge is 0.198 e. The predicted molar refractivity (Wildman–Crippen MR) is 65.9 cm³/mol. The fraction of sp³-hybridized carbons (Fsp3) is 0.462. The van der Waals surface area contributed by atoms with Crippen molar-refractivity contribution in [3.05, 3.63) is 29.8 Å². The van der Waals surface area contributed by atoms with Crippen LogP contribution in [-0.2, 0) is 0 Å². The maximum atomic E-state index is 8.92. The first kappa shape index (κ1) is 12.1. The van der Waals surface area contributed by atoms with Crippen LogP contribution >= 0.6 is 11.8 Å². The molecule has 80 valence electrons. The second kappa shape index (κ2) is 6.53. The van der Waals surface area contributed by atoms with E-state index >= 15 is 0 Å². The lowest BCUT2D eigenvalue weighted by molar-refractivity contribution is 0.655. The van der Waals surface area contributed by atoms with Crippen molar-refractivity contribution >= 4 is 11.8 Å². The molecule has 0 heterocycles. The van der Waals surface area contributed by atoms with E-state index in [9.17, 15) is 0 Å². The van der Waals surface area contributed by atoms with Crippen LogP contribution in [0.1, 0.15) is 25.3 Å². The summed E-state index contributed by atoms with van der Waals surface area (Å²) in [5.41, 5.74) is 1.28. The van der Waals surface area contributed by atoms with Crippen LogP contribution in [0, 0.1) is 24.2 Å². The Bertz CT molecular complexity index is 323. The van der Waals surface area contributed by atoms with Gasteiger partial charge in [0.1, 0.15) is 0 Å². The van der Waals surface area contributed by atoms with Crippen LogP contribution in [0.2, 0.25) is 0 Å². The van der Waals surface area contributed by atoms with Crippen molar-refractivity contribution in [2.24, 2.45) is 5.92 Å². The van der Waals surface area contributed by atoms with Gasteiger partial charge in [0.15, 0.2) is 0 Å². The van der Waals surface area contributed by atoms with E-state index in [-0.39, 0.29) is 5.92 Å². The predicted octanol–water partition coefficient (Wildman–Crippen LogP) is 4.03. The average Bonchev–Trinajstić information content (AvgIpc) is 2.26. The van der Waals surface area contributed by atoms with Gasteiger partial charge in [-0.05, 0) is 25.5 Å². The molecular weight excluding hydrogens is 202 g/mol. The first-order valence-electron chi connectivity index (χ1n) is 5.35. The van der Waals surface area contributed by atoms with Gasteiger partial charge in [0.25, 0.3) is 0 Å². The van der Waals surface area contributed by atoms with Crippen LogP contribution in [-0.4, -0.2) is 5.75 Å². The summed E-state index contributed by atoms with van der Waals surface area (Å²) in [6.07, 6.45) is 2.10. The molecule has 0 amide bonds. The Kier molecular flexibility index (Phi) is 5.28. The molecule has 0 saturated carbocycles. The first-order chi connectivity index (χ1) is 7.26. The van der Waals surface area contributed by atoms with E-state index in [1.807, 2.05) is 0 Å². The van der Waals surface area contributed by atoms with Gasteiger partial charge in [-0.3, -0.25) is 0 Å². The summed E-state index contributed by atoms with van der Waals surface area (Å²) in [6.45, 7) is 4.21. The average molecular weight is 219 g/mol. The summed E-state index contributed by atoms with van der Waals surface area (Å²) in [5, 5.41) is 8.92. The molecule has 0 spiro atoms. The molecule has 0 saturated heterocycles.